The van der Waals surface area contributed by atoms with Crippen LogP contribution in [-0.4, -0.2) is 37.2 Å². The summed E-state index contributed by atoms with van der Waals surface area (Å²) in [6.07, 6.45) is 2.04. The van der Waals surface area contributed by atoms with Crippen molar-refractivity contribution in [3.8, 4) is 28.8 Å². The molecule has 0 unspecified atom stereocenters. The number of aromatic nitrogens is 1. The molecule has 0 saturated carbocycles. The van der Waals surface area contributed by atoms with E-state index < -0.39 is 0 Å². The summed E-state index contributed by atoms with van der Waals surface area (Å²) in [5, 5.41) is 10.3. The average molecular weight is 402 g/mol. The molecule has 3 aromatic rings. The van der Waals surface area contributed by atoms with Crippen molar-refractivity contribution in [2.45, 2.75) is 26.3 Å². The highest BCUT2D eigenvalue weighted by atomic mass is 16.5. The molecule has 1 aromatic heterocycles. The maximum atomic E-state index is 9.39. The Morgan fingerprint density at radius 3 is 2.67 bits per heavy atom. The lowest BCUT2D eigenvalue weighted by molar-refractivity contribution is 0.192. The zero-order chi connectivity index (χ0) is 21.1. The van der Waals surface area contributed by atoms with Gasteiger partial charge in [0.05, 0.1) is 31.9 Å². The summed E-state index contributed by atoms with van der Waals surface area (Å²) in [6, 6.07) is 16.9. The van der Waals surface area contributed by atoms with Gasteiger partial charge in [-0.2, -0.15) is 5.26 Å². The SMILES string of the molecule is COc1ccc(OC)c2nc(-c3cccc(C)c3)c(CN3CCC[C@H](C#N)C3)cc12. The highest BCUT2D eigenvalue weighted by Crippen LogP contribution is 2.36. The van der Waals surface area contributed by atoms with Gasteiger partial charge in [-0.3, -0.25) is 4.90 Å². The third-order valence-electron chi connectivity index (χ3n) is 5.80. The standard InChI is InChI=1S/C25H27N3O2/c1-17-6-4-8-19(12-17)24-20(16-28-11-5-7-18(14-26)15-28)13-21-22(29-2)9-10-23(30-3)25(21)27-24/h4,6,8-10,12-13,18H,5,7,11,15-16H2,1-3H3/t18-/m1/s1. The van der Waals surface area contributed by atoms with Crippen LogP contribution in [0, 0.1) is 24.2 Å². The average Bonchev–Trinajstić information content (AvgIpc) is 2.78. The first-order valence-corrected chi connectivity index (χ1v) is 10.4. The number of hydrogen-bond donors (Lipinski definition) is 0. The number of piperidine rings is 1. The summed E-state index contributed by atoms with van der Waals surface area (Å²) in [4.78, 5) is 7.44. The predicted molar refractivity (Wildman–Crippen MR) is 119 cm³/mol. The Hall–Kier alpha value is -3.10. The molecule has 5 heteroatoms. The van der Waals surface area contributed by atoms with Crippen molar-refractivity contribution < 1.29 is 9.47 Å². The Morgan fingerprint density at radius 2 is 1.93 bits per heavy atom. The fourth-order valence-corrected chi connectivity index (χ4v) is 4.30. The van der Waals surface area contributed by atoms with Gasteiger partial charge in [0.1, 0.15) is 17.0 Å². The van der Waals surface area contributed by atoms with E-state index in [2.05, 4.69) is 48.2 Å². The van der Waals surface area contributed by atoms with Crippen molar-refractivity contribution in [1.82, 2.24) is 9.88 Å². The van der Waals surface area contributed by atoms with Crippen LogP contribution in [0.4, 0.5) is 0 Å². The van der Waals surface area contributed by atoms with Crippen LogP contribution in [0.15, 0.2) is 42.5 Å². The molecule has 0 amide bonds. The van der Waals surface area contributed by atoms with Gasteiger partial charge in [0.25, 0.3) is 0 Å². The molecule has 1 saturated heterocycles. The molecular formula is C25H27N3O2. The zero-order valence-electron chi connectivity index (χ0n) is 17.8. The van der Waals surface area contributed by atoms with Gasteiger partial charge in [-0.1, -0.05) is 23.8 Å². The van der Waals surface area contributed by atoms with E-state index in [-0.39, 0.29) is 5.92 Å². The lowest BCUT2D eigenvalue weighted by Crippen LogP contribution is -2.34. The first-order valence-electron chi connectivity index (χ1n) is 10.4. The Balaban J connectivity index is 1.87. The first-order chi connectivity index (χ1) is 14.6. The number of ether oxygens (including phenoxy) is 2. The maximum absolute atomic E-state index is 9.39. The van der Waals surface area contributed by atoms with Gasteiger partial charge in [-0.15, -0.1) is 0 Å². The normalized spacial score (nSPS) is 16.9. The Bertz CT molecular complexity index is 1100. The van der Waals surface area contributed by atoms with Crippen molar-refractivity contribution in [2.24, 2.45) is 5.92 Å². The van der Waals surface area contributed by atoms with Crippen LogP contribution in [0.3, 0.4) is 0 Å². The molecule has 2 aromatic carbocycles. The Labute approximate surface area is 177 Å². The third-order valence-corrected chi connectivity index (χ3v) is 5.80. The van der Waals surface area contributed by atoms with E-state index in [9.17, 15) is 5.26 Å². The molecular weight excluding hydrogens is 374 g/mol. The van der Waals surface area contributed by atoms with Gasteiger partial charge in [0.2, 0.25) is 0 Å². The fraction of sp³-hybridized carbons (Fsp3) is 0.360. The highest BCUT2D eigenvalue weighted by Gasteiger charge is 2.22. The minimum Gasteiger partial charge on any atom is -0.496 e. The van der Waals surface area contributed by atoms with E-state index in [1.807, 2.05) is 12.1 Å². The fourth-order valence-electron chi connectivity index (χ4n) is 4.30. The van der Waals surface area contributed by atoms with Gasteiger partial charge in [0.15, 0.2) is 0 Å². The van der Waals surface area contributed by atoms with Crippen molar-refractivity contribution in [3.05, 3.63) is 53.6 Å². The van der Waals surface area contributed by atoms with E-state index in [4.69, 9.17) is 14.5 Å². The number of likely N-dealkylation sites (tertiary alicyclic amines) is 1. The quantitative estimate of drug-likeness (QED) is 0.605. The number of rotatable bonds is 5. The summed E-state index contributed by atoms with van der Waals surface area (Å²) < 4.78 is 11.2. The number of nitriles is 1. The van der Waals surface area contributed by atoms with Crippen molar-refractivity contribution >= 4 is 10.9 Å². The molecule has 0 radical (unpaired) electrons. The molecule has 0 aliphatic carbocycles. The first kappa shape index (κ1) is 20.2. The summed E-state index contributed by atoms with van der Waals surface area (Å²) in [5.41, 5.74) is 5.17. The number of benzene rings is 2. The van der Waals surface area contributed by atoms with Gasteiger partial charge in [-0.05, 0) is 56.1 Å². The molecule has 30 heavy (non-hydrogen) atoms. The van der Waals surface area contributed by atoms with Crippen LogP contribution >= 0.6 is 0 Å². The van der Waals surface area contributed by atoms with Crippen LogP contribution < -0.4 is 9.47 Å². The lowest BCUT2D eigenvalue weighted by Gasteiger charge is -2.30. The molecule has 154 valence electrons. The predicted octanol–water partition coefficient (Wildman–Crippen LogP) is 4.96. The molecule has 2 heterocycles. The summed E-state index contributed by atoms with van der Waals surface area (Å²) >= 11 is 0. The zero-order valence-corrected chi connectivity index (χ0v) is 17.8. The number of pyridine rings is 1. The summed E-state index contributed by atoms with van der Waals surface area (Å²) in [7, 11) is 3.34. The lowest BCUT2D eigenvalue weighted by atomic mass is 9.97. The number of fused-ring (bicyclic) bond motifs is 1. The molecule has 0 spiro atoms. The molecule has 0 N–H and O–H groups in total. The number of methoxy groups -OCH3 is 2. The van der Waals surface area contributed by atoms with Gasteiger partial charge in [-0.25, -0.2) is 4.98 Å². The second-order valence-corrected chi connectivity index (χ2v) is 7.94. The number of nitrogens with zero attached hydrogens (tertiary/aromatic N) is 3. The molecule has 1 aliphatic rings. The van der Waals surface area contributed by atoms with Gasteiger partial charge < -0.3 is 9.47 Å². The second-order valence-electron chi connectivity index (χ2n) is 7.94. The smallest absolute Gasteiger partial charge is 0.145 e. The number of aryl methyl sites for hydroxylation is 1. The molecule has 1 fully saturated rings. The van der Waals surface area contributed by atoms with Crippen molar-refractivity contribution in [2.75, 3.05) is 27.3 Å². The molecule has 4 rings (SSSR count). The monoisotopic (exact) mass is 401 g/mol. The highest BCUT2D eigenvalue weighted by molar-refractivity contribution is 5.93. The van der Waals surface area contributed by atoms with Crippen LogP contribution in [0.1, 0.15) is 24.0 Å². The largest absolute Gasteiger partial charge is 0.496 e. The molecule has 5 nitrogen and oxygen atoms in total. The van der Waals surface area contributed by atoms with Gasteiger partial charge in [0, 0.05) is 24.0 Å². The Morgan fingerprint density at radius 1 is 1.13 bits per heavy atom. The second kappa shape index (κ2) is 8.73. The van der Waals surface area contributed by atoms with Gasteiger partial charge >= 0.3 is 0 Å². The van der Waals surface area contributed by atoms with E-state index in [0.717, 1.165) is 71.7 Å². The van der Waals surface area contributed by atoms with E-state index in [1.54, 1.807) is 14.2 Å². The summed E-state index contributed by atoms with van der Waals surface area (Å²) in [5.74, 6) is 1.61. The van der Waals surface area contributed by atoms with E-state index >= 15 is 0 Å². The van der Waals surface area contributed by atoms with E-state index in [1.165, 1.54) is 5.56 Å². The maximum Gasteiger partial charge on any atom is 0.145 e. The summed E-state index contributed by atoms with van der Waals surface area (Å²) in [6.45, 7) is 4.65. The van der Waals surface area contributed by atoms with Crippen LogP contribution in [0.25, 0.3) is 22.2 Å². The van der Waals surface area contributed by atoms with Crippen LogP contribution in [0.5, 0.6) is 11.5 Å². The third kappa shape index (κ3) is 3.96. The Kier molecular flexibility index (Phi) is 5.87. The van der Waals surface area contributed by atoms with Crippen LogP contribution in [0.2, 0.25) is 0 Å². The topological polar surface area (TPSA) is 58.4 Å². The van der Waals surface area contributed by atoms with Crippen LogP contribution in [-0.2, 0) is 6.54 Å². The number of hydrogen-bond acceptors (Lipinski definition) is 5. The van der Waals surface area contributed by atoms with Crippen molar-refractivity contribution in [1.29, 1.82) is 5.26 Å². The minimum absolute atomic E-state index is 0.101. The van der Waals surface area contributed by atoms with E-state index in [0.29, 0.717) is 0 Å². The van der Waals surface area contributed by atoms with Crippen molar-refractivity contribution in [3.63, 3.8) is 0 Å². The molecule has 1 aliphatic heterocycles. The molecule has 1 atom stereocenters. The minimum atomic E-state index is 0.101. The molecule has 0 bridgehead atoms.